The average molecular weight is 282 g/mol. The van der Waals surface area contributed by atoms with Crippen LogP contribution in [0.5, 0.6) is 0 Å². The molecule has 4 rings (SSSR count). The highest BCUT2D eigenvalue weighted by molar-refractivity contribution is 5.79. The third-order valence-corrected chi connectivity index (χ3v) is 5.34. The third-order valence-electron chi connectivity index (χ3n) is 5.34. The number of piperidine rings is 1. The number of fused-ring (bicyclic) bond motifs is 2. The second-order valence-corrected chi connectivity index (χ2v) is 6.84. The van der Waals surface area contributed by atoms with Gasteiger partial charge in [0.05, 0.1) is 16.8 Å². The Morgan fingerprint density at radius 2 is 2.33 bits per heavy atom. The molecule has 1 amide bonds. The number of amides is 1. The van der Waals surface area contributed by atoms with Gasteiger partial charge in [-0.1, -0.05) is 0 Å². The van der Waals surface area contributed by atoms with Crippen LogP contribution in [0.3, 0.4) is 0 Å². The van der Waals surface area contributed by atoms with Gasteiger partial charge < -0.3 is 10.6 Å². The first-order chi connectivity index (χ1) is 10.1. The minimum atomic E-state index is -0.122. The second kappa shape index (κ2) is 4.28. The molecule has 108 valence electrons. The molecule has 0 radical (unpaired) electrons. The Bertz CT molecular complexity index is 635. The second-order valence-electron chi connectivity index (χ2n) is 6.84. The minimum Gasteiger partial charge on any atom is -0.356 e. The molecular weight excluding hydrogens is 264 g/mol. The molecule has 2 N–H and O–H groups in total. The number of hydrogen-bond acceptors (Lipinski definition) is 4. The van der Waals surface area contributed by atoms with E-state index in [-0.39, 0.29) is 16.9 Å². The SMILES string of the molecule is N#Cc1ccc(C23CCC(CC4(CNC(=O)C4)C2)N3)nc1. The number of carbonyl (C=O) groups excluding carboxylic acids is 1. The maximum Gasteiger partial charge on any atom is 0.220 e. The van der Waals surface area contributed by atoms with E-state index >= 15 is 0 Å². The first kappa shape index (κ1) is 12.8. The largest absolute Gasteiger partial charge is 0.356 e. The molecule has 3 unspecified atom stereocenters. The lowest BCUT2D eigenvalue weighted by molar-refractivity contribution is -0.119. The predicted octanol–water partition coefficient (Wildman–Crippen LogP) is 1.20. The van der Waals surface area contributed by atoms with Crippen LogP contribution in [0.2, 0.25) is 0 Å². The van der Waals surface area contributed by atoms with Gasteiger partial charge in [0.2, 0.25) is 5.91 Å². The van der Waals surface area contributed by atoms with Crippen LogP contribution in [0.15, 0.2) is 18.3 Å². The van der Waals surface area contributed by atoms with Crippen molar-refractivity contribution in [3.8, 4) is 6.07 Å². The average Bonchev–Trinajstić information content (AvgIpc) is 3.00. The zero-order valence-corrected chi connectivity index (χ0v) is 11.9. The summed E-state index contributed by atoms with van der Waals surface area (Å²) in [6, 6.07) is 6.40. The topological polar surface area (TPSA) is 77.8 Å². The van der Waals surface area contributed by atoms with Crippen LogP contribution in [-0.2, 0) is 10.3 Å². The monoisotopic (exact) mass is 282 g/mol. The smallest absolute Gasteiger partial charge is 0.220 e. The van der Waals surface area contributed by atoms with Crippen LogP contribution in [0.4, 0.5) is 0 Å². The third kappa shape index (κ3) is 1.94. The molecule has 3 atom stereocenters. The molecule has 3 saturated heterocycles. The fourth-order valence-corrected chi connectivity index (χ4v) is 4.54. The van der Waals surface area contributed by atoms with Gasteiger partial charge in [0.15, 0.2) is 0 Å². The lowest BCUT2D eigenvalue weighted by atomic mass is 9.69. The minimum absolute atomic E-state index is 0.0824. The summed E-state index contributed by atoms with van der Waals surface area (Å²) in [4.78, 5) is 16.2. The number of pyridine rings is 1. The van der Waals surface area contributed by atoms with Crippen molar-refractivity contribution in [3.63, 3.8) is 0 Å². The molecule has 0 aliphatic carbocycles. The molecule has 5 nitrogen and oxygen atoms in total. The summed E-state index contributed by atoms with van der Waals surface area (Å²) in [6.07, 6.45) is 6.52. The lowest BCUT2D eigenvalue weighted by Crippen LogP contribution is -2.52. The maximum atomic E-state index is 11.7. The molecule has 1 aromatic heterocycles. The van der Waals surface area contributed by atoms with Crippen molar-refractivity contribution >= 4 is 5.91 Å². The number of rotatable bonds is 1. The molecular formula is C16H18N4O. The van der Waals surface area contributed by atoms with Gasteiger partial charge in [-0.25, -0.2) is 0 Å². The highest BCUT2D eigenvalue weighted by Gasteiger charge is 2.55. The van der Waals surface area contributed by atoms with Gasteiger partial charge in [0, 0.05) is 30.6 Å². The molecule has 1 aromatic rings. The summed E-state index contributed by atoms with van der Waals surface area (Å²) in [5, 5.41) is 15.7. The molecule has 0 saturated carbocycles. The van der Waals surface area contributed by atoms with Crippen LogP contribution in [0.1, 0.15) is 43.4 Å². The molecule has 21 heavy (non-hydrogen) atoms. The molecule has 3 aliphatic rings. The van der Waals surface area contributed by atoms with Gasteiger partial charge in [-0.05, 0) is 37.8 Å². The molecule has 2 bridgehead atoms. The van der Waals surface area contributed by atoms with Gasteiger partial charge in [-0.3, -0.25) is 9.78 Å². The van der Waals surface area contributed by atoms with Gasteiger partial charge in [0.1, 0.15) is 6.07 Å². The highest BCUT2D eigenvalue weighted by Crippen LogP contribution is 2.52. The Balaban J connectivity index is 1.69. The Kier molecular flexibility index (Phi) is 2.61. The fraction of sp³-hybridized carbons (Fsp3) is 0.562. The van der Waals surface area contributed by atoms with Crippen molar-refractivity contribution in [2.45, 2.75) is 43.7 Å². The molecule has 5 heteroatoms. The normalized spacial score (nSPS) is 37.5. The number of hydrogen-bond donors (Lipinski definition) is 2. The standard InChI is InChI=1S/C16H18N4O/c17-7-11-1-2-13(18-8-11)16-4-3-12(20-16)5-15(9-16)6-14(21)19-10-15/h1-2,8,12,20H,3-6,9-10H2,(H,19,21). The van der Waals surface area contributed by atoms with Crippen LogP contribution >= 0.6 is 0 Å². The summed E-state index contributed by atoms with van der Waals surface area (Å²) in [6.45, 7) is 0.794. The maximum absolute atomic E-state index is 11.7. The molecule has 1 spiro atoms. The van der Waals surface area contributed by atoms with Crippen molar-refractivity contribution in [1.29, 1.82) is 5.26 Å². The highest BCUT2D eigenvalue weighted by atomic mass is 16.1. The number of carbonyl (C=O) groups is 1. The summed E-state index contributed by atoms with van der Waals surface area (Å²) >= 11 is 0. The zero-order chi connectivity index (χ0) is 14.5. The number of nitrogens with zero attached hydrogens (tertiary/aromatic N) is 2. The van der Waals surface area contributed by atoms with E-state index in [0.717, 1.165) is 37.9 Å². The van der Waals surface area contributed by atoms with Crippen molar-refractivity contribution in [3.05, 3.63) is 29.6 Å². The van der Waals surface area contributed by atoms with E-state index in [1.54, 1.807) is 6.20 Å². The van der Waals surface area contributed by atoms with Gasteiger partial charge in [-0.15, -0.1) is 0 Å². The molecule has 3 fully saturated rings. The predicted molar refractivity (Wildman–Crippen MR) is 76.1 cm³/mol. The summed E-state index contributed by atoms with van der Waals surface area (Å²) in [7, 11) is 0. The summed E-state index contributed by atoms with van der Waals surface area (Å²) in [5.74, 6) is 0.180. The van der Waals surface area contributed by atoms with E-state index in [0.29, 0.717) is 18.0 Å². The van der Waals surface area contributed by atoms with E-state index in [1.165, 1.54) is 0 Å². The summed E-state index contributed by atoms with van der Waals surface area (Å²) in [5.41, 5.74) is 1.57. The van der Waals surface area contributed by atoms with Crippen LogP contribution < -0.4 is 10.6 Å². The Labute approximate surface area is 123 Å². The molecule has 4 heterocycles. The first-order valence-electron chi connectivity index (χ1n) is 7.54. The first-order valence-corrected chi connectivity index (χ1v) is 7.54. The van der Waals surface area contributed by atoms with Crippen LogP contribution in [0.25, 0.3) is 0 Å². The Morgan fingerprint density at radius 1 is 1.43 bits per heavy atom. The van der Waals surface area contributed by atoms with Crippen molar-refractivity contribution in [1.82, 2.24) is 15.6 Å². The number of nitrogens with one attached hydrogen (secondary N) is 2. The van der Waals surface area contributed by atoms with E-state index in [1.807, 2.05) is 12.1 Å². The van der Waals surface area contributed by atoms with Gasteiger partial charge >= 0.3 is 0 Å². The Hall–Kier alpha value is -1.93. The number of aromatic nitrogens is 1. The van der Waals surface area contributed by atoms with Crippen molar-refractivity contribution in [2.24, 2.45) is 5.41 Å². The number of nitriles is 1. The van der Waals surface area contributed by atoms with Crippen LogP contribution in [-0.4, -0.2) is 23.5 Å². The summed E-state index contributed by atoms with van der Waals surface area (Å²) < 4.78 is 0. The zero-order valence-electron chi connectivity index (χ0n) is 11.9. The van der Waals surface area contributed by atoms with E-state index in [4.69, 9.17) is 5.26 Å². The van der Waals surface area contributed by atoms with Gasteiger partial charge in [0.25, 0.3) is 0 Å². The lowest BCUT2D eigenvalue weighted by Gasteiger charge is -2.44. The van der Waals surface area contributed by atoms with E-state index in [9.17, 15) is 4.79 Å². The van der Waals surface area contributed by atoms with E-state index in [2.05, 4.69) is 21.7 Å². The van der Waals surface area contributed by atoms with Crippen molar-refractivity contribution in [2.75, 3.05) is 6.54 Å². The Morgan fingerprint density at radius 3 is 3.00 bits per heavy atom. The molecule has 0 aromatic carbocycles. The quantitative estimate of drug-likeness (QED) is 0.811. The van der Waals surface area contributed by atoms with E-state index < -0.39 is 0 Å². The van der Waals surface area contributed by atoms with Crippen molar-refractivity contribution < 1.29 is 4.79 Å². The molecule has 3 aliphatic heterocycles. The fourth-order valence-electron chi connectivity index (χ4n) is 4.54. The van der Waals surface area contributed by atoms with Crippen LogP contribution in [0, 0.1) is 16.7 Å². The van der Waals surface area contributed by atoms with Gasteiger partial charge in [-0.2, -0.15) is 5.26 Å².